The minimum Gasteiger partial charge on any atom is -0.481 e. The van der Waals surface area contributed by atoms with Crippen molar-refractivity contribution in [2.75, 3.05) is 19.0 Å². The van der Waals surface area contributed by atoms with Gasteiger partial charge in [-0.3, -0.25) is 4.79 Å². The molecule has 4 rings (SSSR count). The van der Waals surface area contributed by atoms with Gasteiger partial charge in [-0.25, -0.2) is 14.2 Å². The monoisotopic (exact) mass is 394 g/mol. The highest BCUT2D eigenvalue weighted by atomic mass is 19.1. The molecule has 1 fully saturated rings. The Labute approximate surface area is 166 Å². The van der Waals surface area contributed by atoms with Crippen molar-refractivity contribution >= 4 is 28.5 Å². The molecule has 0 spiro atoms. The molecule has 3 aromatic rings. The van der Waals surface area contributed by atoms with Crippen LogP contribution in [0.1, 0.15) is 12.8 Å². The number of aromatic nitrogens is 1. The van der Waals surface area contributed by atoms with Crippen LogP contribution in [-0.2, 0) is 14.3 Å². The van der Waals surface area contributed by atoms with Crippen LogP contribution >= 0.6 is 0 Å². The third kappa shape index (κ3) is 4.34. The van der Waals surface area contributed by atoms with E-state index in [0.717, 1.165) is 12.8 Å². The standard InChI is InChI=1S/C22H19FN2O4/c1-28-21(26)12-29-20-11-19(13-4-6-15(23)7-5-13)25-18-9-8-16(10-17(18)20)24-22(27)14-2-3-14/h4-11,14H,2-3,12H2,1H3,(H,24,27). The topological polar surface area (TPSA) is 77.5 Å². The molecule has 1 saturated carbocycles. The fourth-order valence-corrected chi connectivity index (χ4v) is 2.95. The quantitative estimate of drug-likeness (QED) is 0.641. The molecule has 1 aliphatic rings. The number of nitrogens with zero attached hydrogens (tertiary/aromatic N) is 1. The molecule has 0 saturated heterocycles. The lowest BCUT2D eigenvalue weighted by atomic mass is 10.1. The van der Waals surface area contributed by atoms with Crippen LogP contribution in [0.5, 0.6) is 5.75 Å². The number of methoxy groups -OCH3 is 1. The van der Waals surface area contributed by atoms with E-state index < -0.39 is 5.97 Å². The lowest BCUT2D eigenvalue weighted by Gasteiger charge is -2.13. The Kier molecular flexibility index (Phi) is 5.12. The number of anilines is 1. The third-order valence-electron chi connectivity index (χ3n) is 4.70. The van der Waals surface area contributed by atoms with Gasteiger partial charge >= 0.3 is 5.97 Å². The predicted molar refractivity (Wildman–Crippen MR) is 106 cm³/mol. The van der Waals surface area contributed by atoms with E-state index in [4.69, 9.17) is 4.74 Å². The van der Waals surface area contributed by atoms with Gasteiger partial charge in [-0.1, -0.05) is 0 Å². The molecule has 29 heavy (non-hydrogen) atoms. The first-order valence-electron chi connectivity index (χ1n) is 9.25. The molecule has 2 aromatic carbocycles. The summed E-state index contributed by atoms with van der Waals surface area (Å²) >= 11 is 0. The molecule has 1 aromatic heterocycles. The zero-order valence-electron chi connectivity index (χ0n) is 15.8. The van der Waals surface area contributed by atoms with Crippen molar-refractivity contribution in [3.05, 3.63) is 54.3 Å². The number of amides is 1. The lowest BCUT2D eigenvalue weighted by Crippen LogP contribution is -2.14. The van der Waals surface area contributed by atoms with Gasteiger partial charge in [0.25, 0.3) is 0 Å². The van der Waals surface area contributed by atoms with E-state index in [-0.39, 0.29) is 24.2 Å². The molecular weight excluding hydrogens is 375 g/mol. The fraction of sp³-hybridized carbons (Fsp3) is 0.227. The van der Waals surface area contributed by atoms with Gasteiger partial charge in [0.1, 0.15) is 11.6 Å². The van der Waals surface area contributed by atoms with Gasteiger partial charge in [0.2, 0.25) is 5.91 Å². The number of carbonyl (C=O) groups excluding carboxylic acids is 2. The lowest BCUT2D eigenvalue weighted by molar-refractivity contribution is -0.142. The maximum atomic E-state index is 13.3. The van der Waals surface area contributed by atoms with Crippen molar-refractivity contribution in [3.8, 4) is 17.0 Å². The maximum absolute atomic E-state index is 13.3. The predicted octanol–water partition coefficient (Wildman–Crippen LogP) is 3.94. The van der Waals surface area contributed by atoms with E-state index in [0.29, 0.717) is 33.6 Å². The minimum atomic E-state index is -0.517. The van der Waals surface area contributed by atoms with Gasteiger partial charge in [0.15, 0.2) is 6.61 Å². The third-order valence-corrected chi connectivity index (χ3v) is 4.70. The van der Waals surface area contributed by atoms with Crippen LogP contribution in [0.4, 0.5) is 10.1 Å². The summed E-state index contributed by atoms with van der Waals surface area (Å²) in [5, 5.41) is 3.54. The molecule has 6 nitrogen and oxygen atoms in total. The van der Waals surface area contributed by atoms with Crippen LogP contribution < -0.4 is 10.1 Å². The van der Waals surface area contributed by atoms with Gasteiger partial charge in [0, 0.05) is 28.6 Å². The molecule has 0 aliphatic heterocycles. The summed E-state index contributed by atoms with van der Waals surface area (Å²) in [5.74, 6) is -0.358. The van der Waals surface area contributed by atoms with Gasteiger partial charge in [-0.15, -0.1) is 0 Å². The fourth-order valence-electron chi connectivity index (χ4n) is 2.95. The number of pyridine rings is 1. The molecule has 1 amide bonds. The number of esters is 1. The van der Waals surface area contributed by atoms with Crippen LogP contribution in [0.15, 0.2) is 48.5 Å². The smallest absolute Gasteiger partial charge is 0.343 e. The van der Waals surface area contributed by atoms with Crippen molar-refractivity contribution in [2.24, 2.45) is 5.92 Å². The SMILES string of the molecule is COC(=O)COc1cc(-c2ccc(F)cc2)nc2ccc(NC(=O)C3CC3)cc12. The Morgan fingerprint density at radius 1 is 1.14 bits per heavy atom. The molecule has 1 heterocycles. The number of halogens is 1. The Hall–Kier alpha value is -3.48. The Morgan fingerprint density at radius 3 is 2.59 bits per heavy atom. The number of carbonyl (C=O) groups is 2. The van der Waals surface area contributed by atoms with Crippen LogP contribution in [0.25, 0.3) is 22.2 Å². The molecule has 0 radical (unpaired) electrons. The summed E-state index contributed by atoms with van der Waals surface area (Å²) < 4.78 is 23.6. The van der Waals surface area contributed by atoms with Gasteiger partial charge in [0.05, 0.1) is 18.3 Å². The van der Waals surface area contributed by atoms with E-state index in [9.17, 15) is 14.0 Å². The largest absolute Gasteiger partial charge is 0.481 e. The molecule has 1 N–H and O–H groups in total. The van der Waals surface area contributed by atoms with Gasteiger partial charge < -0.3 is 14.8 Å². The molecule has 0 unspecified atom stereocenters. The highest BCUT2D eigenvalue weighted by molar-refractivity contribution is 5.97. The zero-order valence-corrected chi connectivity index (χ0v) is 15.8. The summed E-state index contributed by atoms with van der Waals surface area (Å²) in [6.07, 6.45) is 1.82. The number of hydrogen-bond donors (Lipinski definition) is 1. The van der Waals surface area contributed by atoms with Crippen LogP contribution in [0, 0.1) is 11.7 Å². The Balaban J connectivity index is 1.73. The highest BCUT2D eigenvalue weighted by Crippen LogP contribution is 2.34. The first-order valence-corrected chi connectivity index (χ1v) is 9.25. The van der Waals surface area contributed by atoms with E-state index in [1.54, 1.807) is 36.4 Å². The minimum absolute atomic E-state index is 0.00253. The number of hydrogen-bond acceptors (Lipinski definition) is 5. The van der Waals surface area contributed by atoms with Crippen molar-refractivity contribution in [1.82, 2.24) is 4.98 Å². The molecular formula is C22H19FN2O4. The van der Waals surface area contributed by atoms with Crippen molar-refractivity contribution in [3.63, 3.8) is 0 Å². The van der Waals surface area contributed by atoms with E-state index in [2.05, 4.69) is 15.0 Å². The average molecular weight is 394 g/mol. The second kappa shape index (κ2) is 7.87. The molecule has 0 bridgehead atoms. The average Bonchev–Trinajstić information content (AvgIpc) is 3.57. The Bertz CT molecular complexity index is 1080. The van der Waals surface area contributed by atoms with Crippen LogP contribution in [-0.4, -0.2) is 30.6 Å². The summed E-state index contributed by atoms with van der Waals surface area (Å²) in [7, 11) is 1.28. The van der Waals surface area contributed by atoms with E-state index in [1.165, 1.54) is 19.2 Å². The summed E-state index contributed by atoms with van der Waals surface area (Å²) in [5.41, 5.74) is 2.54. The Morgan fingerprint density at radius 2 is 1.90 bits per heavy atom. The van der Waals surface area contributed by atoms with Gasteiger partial charge in [-0.2, -0.15) is 0 Å². The van der Waals surface area contributed by atoms with Crippen LogP contribution in [0.2, 0.25) is 0 Å². The highest BCUT2D eigenvalue weighted by Gasteiger charge is 2.29. The number of nitrogens with one attached hydrogen (secondary N) is 1. The van der Waals surface area contributed by atoms with Gasteiger partial charge in [-0.05, 0) is 55.3 Å². The van der Waals surface area contributed by atoms with Crippen LogP contribution in [0.3, 0.4) is 0 Å². The van der Waals surface area contributed by atoms with Crippen molar-refractivity contribution in [2.45, 2.75) is 12.8 Å². The number of benzene rings is 2. The normalized spacial score (nSPS) is 13.2. The summed E-state index contributed by atoms with van der Waals surface area (Å²) in [4.78, 5) is 28.2. The van der Waals surface area contributed by atoms with E-state index in [1.807, 2.05) is 0 Å². The summed E-state index contributed by atoms with van der Waals surface area (Å²) in [6.45, 7) is -0.267. The molecule has 148 valence electrons. The molecule has 1 aliphatic carbocycles. The first kappa shape index (κ1) is 18.9. The van der Waals surface area contributed by atoms with E-state index >= 15 is 0 Å². The molecule has 7 heteroatoms. The van der Waals surface area contributed by atoms with Crippen molar-refractivity contribution < 1.29 is 23.5 Å². The molecule has 0 atom stereocenters. The summed E-state index contributed by atoms with van der Waals surface area (Å²) in [6, 6.07) is 13.0. The first-order chi connectivity index (χ1) is 14.0. The number of fused-ring (bicyclic) bond motifs is 1. The maximum Gasteiger partial charge on any atom is 0.343 e. The second-order valence-electron chi connectivity index (χ2n) is 6.87. The number of rotatable bonds is 6. The zero-order chi connectivity index (χ0) is 20.4. The number of ether oxygens (including phenoxy) is 2. The second-order valence-corrected chi connectivity index (χ2v) is 6.87. The van der Waals surface area contributed by atoms with Crippen molar-refractivity contribution in [1.29, 1.82) is 0 Å².